The van der Waals surface area contributed by atoms with Crippen LogP contribution < -0.4 is 0 Å². The molecule has 0 spiro atoms. The van der Waals surface area contributed by atoms with Crippen LogP contribution in [0.2, 0.25) is 0 Å². The van der Waals surface area contributed by atoms with Crippen molar-refractivity contribution in [3.63, 3.8) is 0 Å². The largest absolute Gasteiger partial charge is 0.508 e. The van der Waals surface area contributed by atoms with Crippen molar-refractivity contribution in [3.05, 3.63) is 41.4 Å². The van der Waals surface area contributed by atoms with Crippen molar-refractivity contribution in [2.24, 2.45) is 0 Å². The second-order valence-corrected chi connectivity index (χ2v) is 5.70. The summed E-state index contributed by atoms with van der Waals surface area (Å²) < 4.78 is 0. The van der Waals surface area contributed by atoms with Crippen LogP contribution in [0.5, 0.6) is 5.75 Å². The molecular weight excluding hydrogens is 256 g/mol. The molecule has 3 aromatic rings. The van der Waals surface area contributed by atoms with E-state index in [1.165, 1.54) is 0 Å². The SMILES string of the molecule is CC(C)c1ccc(-c2ncc3ccsc3n2)cc1O. The number of hydrogen-bond donors (Lipinski definition) is 1. The Labute approximate surface area is 115 Å². The van der Waals surface area contributed by atoms with Gasteiger partial charge < -0.3 is 5.11 Å². The summed E-state index contributed by atoms with van der Waals surface area (Å²) in [4.78, 5) is 9.84. The first kappa shape index (κ1) is 12.1. The van der Waals surface area contributed by atoms with Gasteiger partial charge in [-0.15, -0.1) is 11.3 Å². The highest BCUT2D eigenvalue weighted by Gasteiger charge is 2.09. The van der Waals surface area contributed by atoms with Gasteiger partial charge in [-0.05, 0) is 29.0 Å². The van der Waals surface area contributed by atoms with E-state index < -0.39 is 0 Å². The summed E-state index contributed by atoms with van der Waals surface area (Å²) in [6.07, 6.45) is 1.82. The smallest absolute Gasteiger partial charge is 0.160 e. The first-order chi connectivity index (χ1) is 9.15. The maximum atomic E-state index is 10.0. The van der Waals surface area contributed by atoms with E-state index in [9.17, 15) is 5.11 Å². The van der Waals surface area contributed by atoms with Crippen LogP contribution in [0.3, 0.4) is 0 Å². The van der Waals surface area contributed by atoms with Crippen LogP contribution in [-0.2, 0) is 0 Å². The van der Waals surface area contributed by atoms with E-state index in [1.807, 2.05) is 29.8 Å². The van der Waals surface area contributed by atoms with Gasteiger partial charge in [0, 0.05) is 17.1 Å². The van der Waals surface area contributed by atoms with Gasteiger partial charge in [-0.3, -0.25) is 0 Å². The summed E-state index contributed by atoms with van der Waals surface area (Å²) in [7, 11) is 0. The lowest BCUT2D eigenvalue weighted by Gasteiger charge is -2.09. The van der Waals surface area contributed by atoms with Crippen molar-refractivity contribution in [1.29, 1.82) is 0 Å². The lowest BCUT2D eigenvalue weighted by Crippen LogP contribution is -1.91. The molecule has 0 saturated heterocycles. The number of thiophene rings is 1. The predicted molar refractivity (Wildman–Crippen MR) is 78.6 cm³/mol. The lowest BCUT2D eigenvalue weighted by molar-refractivity contribution is 0.465. The molecule has 4 heteroatoms. The second kappa shape index (κ2) is 4.63. The Hall–Kier alpha value is -1.94. The van der Waals surface area contributed by atoms with Gasteiger partial charge in [-0.1, -0.05) is 26.0 Å². The van der Waals surface area contributed by atoms with E-state index in [1.54, 1.807) is 17.4 Å². The van der Waals surface area contributed by atoms with E-state index in [4.69, 9.17) is 0 Å². The number of phenols is 1. The quantitative estimate of drug-likeness (QED) is 0.759. The molecule has 0 saturated carbocycles. The zero-order valence-electron chi connectivity index (χ0n) is 10.8. The summed E-state index contributed by atoms with van der Waals surface area (Å²) in [5.41, 5.74) is 1.79. The highest BCUT2D eigenvalue weighted by molar-refractivity contribution is 7.16. The fraction of sp³-hybridized carbons (Fsp3) is 0.200. The molecule has 0 aliphatic rings. The number of rotatable bonds is 2. The van der Waals surface area contributed by atoms with Gasteiger partial charge >= 0.3 is 0 Å². The fourth-order valence-electron chi connectivity index (χ4n) is 2.07. The molecule has 0 atom stereocenters. The van der Waals surface area contributed by atoms with Crippen molar-refractivity contribution in [2.45, 2.75) is 19.8 Å². The number of nitrogens with zero attached hydrogens (tertiary/aromatic N) is 2. The van der Waals surface area contributed by atoms with Crippen LogP contribution in [0, 0.1) is 0 Å². The van der Waals surface area contributed by atoms with Gasteiger partial charge in [0.25, 0.3) is 0 Å². The van der Waals surface area contributed by atoms with Gasteiger partial charge in [-0.2, -0.15) is 0 Å². The summed E-state index contributed by atoms with van der Waals surface area (Å²) >= 11 is 1.59. The zero-order chi connectivity index (χ0) is 13.4. The first-order valence-electron chi connectivity index (χ1n) is 6.18. The van der Waals surface area contributed by atoms with Gasteiger partial charge in [-0.25, -0.2) is 9.97 Å². The summed E-state index contributed by atoms with van der Waals surface area (Å²) in [5.74, 6) is 1.26. The van der Waals surface area contributed by atoms with Crippen LogP contribution in [0.15, 0.2) is 35.8 Å². The third-order valence-electron chi connectivity index (χ3n) is 3.12. The Kier molecular flexibility index (Phi) is 2.95. The summed E-state index contributed by atoms with van der Waals surface area (Å²) in [6, 6.07) is 7.65. The number of aromatic hydroxyl groups is 1. The fourth-order valence-corrected chi connectivity index (χ4v) is 2.81. The molecule has 2 aromatic heterocycles. The van der Waals surface area contributed by atoms with Crippen LogP contribution in [0.25, 0.3) is 21.6 Å². The Bertz CT molecular complexity index is 734. The minimum atomic E-state index is 0.301. The van der Waals surface area contributed by atoms with Gasteiger partial charge in [0.2, 0.25) is 0 Å². The maximum absolute atomic E-state index is 10.0. The molecule has 0 amide bonds. The molecule has 0 bridgehead atoms. The van der Waals surface area contributed by atoms with Crippen molar-refractivity contribution < 1.29 is 5.11 Å². The molecule has 3 rings (SSSR count). The summed E-state index contributed by atoms with van der Waals surface area (Å²) in [6.45, 7) is 4.12. The van der Waals surface area contributed by atoms with E-state index in [-0.39, 0.29) is 0 Å². The second-order valence-electron chi connectivity index (χ2n) is 4.80. The molecule has 0 unspecified atom stereocenters. The molecule has 1 aromatic carbocycles. The minimum Gasteiger partial charge on any atom is -0.508 e. The number of phenolic OH excluding ortho intramolecular Hbond substituents is 1. The van der Waals surface area contributed by atoms with Crippen LogP contribution in [-0.4, -0.2) is 15.1 Å². The molecule has 0 aliphatic heterocycles. The monoisotopic (exact) mass is 270 g/mol. The zero-order valence-corrected chi connectivity index (χ0v) is 11.6. The average Bonchev–Trinajstić information content (AvgIpc) is 2.85. The van der Waals surface area contributed by atoms with Crippen LogP contribution >= 0.6 is 11.3 Å². The Morgan fingerprint density at radius 3 is 2.79 bits per heavy atom. The van der Waals surface area contributed by atoms with Crippen molar-refractivity contribution >= 4 is 21.6 Å². The molecule has 0 aliphatic carbocycles. The standard InChI is InChI=1S/C15H14N2OS/c1-9(2)12-4-3-10(7-13(12)18)14-16-8-11-5-6-19-15(11)17-14/h3-9,18H,1-2H3. The molecule has 1 N–H and O–H groups in total. The molecule has 3 nitrogen and oxygen atoms in total. The maximum Gasteiger partial charge on any atom is 0.160 e. The highest BCUT2D eigenvalue weighted by Crippen LogP contribution is 2.30. The molecule has 0 radical (unpaired) electrons. The molecule has 2 heterocycles. The van der Waals surface area contributed by atoms with Gasteiger partial charge in [0.15, 0.2) is 5.82 Å². The Balaban J connectivity index is 2.08. The van der Waals surface area contributed by atoms with Crippen LogP contribution in [0.1, 0.15) is 25.3 Å². The van der Waals surface area contributed by atoms with E-state index in [0.717, 1.165) is 21.3 Å². The van der Waals surface area contributed by atoms with Crippen molar-refractivity contribution in [1.82, 2.24) is 9.97 Å². The van der Waals surface area contributed by atoms with Crippen LogP contribution in [0.4, 0.5) is 0 Å². The van der Waals surface area contributed by atoms with Crippen molar-refractivity contribution in [3.8, 4) is 17.1 Å². The minimum absolute atomic E-state index is 0.301. The Morgan fingerprint density at radius 1 is 1.21 bits per heavy atom. The Morgan fingerprint density at radius 2 is 2.05 bits per heavy atom. The van der Waals surface area contributed by atoms with Crippen molar-refractivity contribution in [2.75, 3.05) is 0 Å². The molecule has 19 heavy (non-hydrogen) atoms. The predicted octanol–water partition coefficient (Wildman–Crippen LogP) is 4.19. The number of aromatic nitrogens is 2. The van der Waals surface area contributed by atoms with E-state index in [0.29, 0.717) is 17.5 Å². The lowest BCUT2D eigenvalue weighted by atomic mass is 10.0. The van der Waals surface area contributed by atoms with Gasteiger partial charge in [0.1, 0.15) is 10.6 Å². The summed E-state index contributed by atoms with van der Waals surface area (Å²) in [5, 5.41) is 13.1. The van der Waals surface area contributed by atoms with E-state index >= 15 is 0 Å². The normalized spacial score (nSPS) is 11.3. The topological polar surface area (TPSA) is 46.0 Å². The van der Waals surface area contributed by atoms with E-state index in [2.05, 4.69) is 23.8 Å². The van der Waals surface area contributed by atoms with Gasteiger partial charge in [0.05, 0.1) is 0 Å². The first-order valence-corrected chi connectivity index (χ1v) is 7.06. The molecule has 0 fully saturated rings. The third kappa shape index (κ3) is 2.19. The molecule has 96 valence electrons. The molecular formula is C15H14N2OS. The highest BCUT2D eigenvalue weighted by atomic mass is 32.1. The average molecular weight is 270 g/mol. The number of benzene rings is 1. The number of fused-ring (bicyclic) bond motifs is 1. The number of hydrogen-bond acceptors (Lipinski definition) is 4. The third-order valence-corrected chi connectivity index (χ3v) is 3.94.